The predicted molar refractivity (Wildman–Crippen MR) is 112 cm³/mol. The summed E-state index contributed by atoms with van der Waals surface area (Å²) >= 11 is 1.74. The first-order valence-corrected chi connectivity index (χ1v) is 10.4. The quantitative estimate of drug-likeness (QED) is 0.336. The minimum absolute atomic E-state index is 0.563. The van der Waals surface area contributed by atoms with Gasteiger partial charge in [-0.1, -0.05) is 30.6 Å². The number of ether oxygens (including phenoxy) is 2. The van der Waals surface area contributed by atoms with Crippen molar-refractivity contribution in [2.75, 3.05) is 25.7 Å². The summed E-state index contributed by atoms with van der Waals surface area (Å²) in [7, 11) is 3.25. The highest BCUT2D eigenvalue weighted by molar-refractivity contribution is 7.99. The van der Waals surface area contributed by atoms with Crippen LogP contribution in [0.25, 0.3) is 10.9 Å². The summed E-state index contributed by atoms with van der Waals surface area (Å²) in [4.78, 5) is 9.00. The summed E-state index contributed by atoms with van der Waals surface area (Å²) in [5.74, 6) is 3.54. The fourth-order valence-corrected chi connectivity index (χ4v) is 3.97. The number of nitrogen functional groups attached to an aromatic ring is 1. The zero-order valence-electron chi connectivity index (χ0n) is 16.9. The summed E-state index contributed by atoms with van der Waals surface area (Å²) in [5, 5.41) is 1.80. The molecule has 2 aromatic heterocycles. The Balaban J connectivity index is 1.98. The number of imidazole rings is 1. The number of benzene rings is 1. The van der Waals surface area contributed by atoms with Crippen molar-refractivity contribution in [2.45, 2.75) is 38.5 Å². The second kappa shape index (κ2) is 9.14. The van der Waals surface area contributed by atoms with E-state index in [2.05, 4.69) is 28.0 Å². The third kappa shape index (κ3) is 4.49. The molecule has 3 rings (SSSR count). The van der Waals surface area contributed by atoms with Gasteiger partial charge in [-0.2, -0.15) is 0 Å². The third-order valence-electron chi connectivity index (χ3n) is 4.42. The van der Waals surface area contributed by atoms with Gasteiger partial charge in [0.15, 0.2) is 17.0 Å². The molecule has 0 radical (unpaired) electrons. The third-order valence-corrected chi connectivity index (χ3v) is 5.82. The molecule has 0 aliphatic rings. The highest BCUT2D eigenvalue weighted by Gasteiger charge is 2.21. The van der Waals surface area contributed by atoms with Gasteiger partial charge in [-0.25, -0.2) is 9.55 Å². The van der Waals surface area contributed by atoms with Crippen LogP contribution in [0, 0.1) is 5.92 Å². The Morgan fingerprint density at radius 3 is 2.61 bits per heavy atom. The van der Waals surface area contributed by atoms with Gasteiger partial charge >= 0.3 is 0 Å². The van der Waals surface area contributed by atoms with E-state index in [0.717, 1.165) is 41.3 Å². The van der Waals surface area contributed by atoms with Crippen molar-refractivity contribution >= 4 is 28.5 Å². The van der Waals surface area contributed by atoms with Crippen LogP contribution in [0.15, 0.2) is 36.0 Å². The zero-order chi connectivity index (χ0) is 20.1. The normalized spacial score (nSPS) is 11.3. The minimum Gasteiger partial charge on any atom is -0.493 e. The first-order chi connectivity index (χ1) is 13.5. The molecular weight excluding hydrogens is 374 g/mol. The lowest BCUT2D eigenvalue weighted by Gasteiger charge is -2.13. The smallest absolute Gasteiger partial charge is 0.299 e. The number of thioether (sulfide) groups is 1. The molecule has 0 saturated heterocycles. The molecule has 2 heterocycles. The number of aryl methyl sites for hydroxylation is 1. The van der Waals surface area contributed by atoms with Gasteiger partial charge in [-0.3, -0.25) is 0 Å². The maximum Gasteiger partial charge on any atom is 0.299 e. The molecule has 3 aromatic rings. The van der Waals surface area contributed by atoms with Gasteiger partial charge in [-0.15, -0.1) is 0 Å². The Bertz CT molecular complexity index is 928. The lowest BCUT2D eigenvalue weighted by atomic mass is 10.2. The van der Waals surface area contributed by atoms with Gasteiger partial charge < -0.3 is 19.8 Å². The molecule has 0 aliphatic carbocycles. The van der Waals surface area contributed by atoms with Crippen molar-refractivity contribution in [1.82, 2.24) is 14.5 Å². The van der Waals surface area contributed by atoms with Crippen molar-refractivity contribution in [3.8, 4) is 11.5 Å². The topological polar surface area (TPSA) is 79.1 Å². The predicted octanol–water partition coefficient (Wildman–Crippen LogP) is 3.16. The number of nitrogens with zero attached hydrogens (tertiary/aromatic N) is 4. The Morgan fingerprint density at radius 1 is 1.21 bits per heavy atom. The molecule has 0 unspecified atom stereocenters. The fraction of sp³-hybridized carbons (Fsp3) is 0.450. The summed E-state index contributed by atoms with van der Waals surface area (Å²) in [6.07, 6.45) is 6.53. The van der Waals surface area contributed by atoms with Crippen LogP contribution < -0.4 is 19.8 Å². The van der Waals surface area contributed by atoms with Crippen LogP contribution in [0.4, 0.5) is 5.82 Å². The average Bonchev–Trinajstić information content (AvgIpc) is 3.20. The van der Waals surface area contributed by atoms with E-state index in [1.807, 2.05) is 24.7 Å². The fourth-order valence-electron chi connectivity index (χ4n) is 2.98. The molecule has 2 N–H and O–H groups in total. The van der Waals surface area contributed by atoms with Crippen molar-refractivity contribution in [2.24, 2.45) is 5.92 Å². The number of aromatic nitrogens is 4. The molecule has 7 nitrogen and oxygen atoms in total. The number of anilines is 1. The van der Waals surface area contributed by atoms with Crippen molar-refractivity contribution in [3.05, 3.63) is 30.9 Å². The van der Waals surface area contributed by atoms with E-state index in [0.29, 0.717) is 23.2 Å². The Hall–Kier alpha value is -2.48. The number of hydrogen-bond acceptors (Lipinski definition) is 6. The van der Waals surface area contributed by atoms with E-state index in [-0.39, 0.29) is 0 Å². The van der Waals surface area contributed by atoms with Crippen LogP contribution >= 0.6 is 11.8 Å². The van der Waals surface area contributed by atoms with E-state index in [1.165, 1.54) is 0 Å². The molecule has 150 valence electrons. The molecule has 28 heavy (non-hydrogen) atoms. The first kappa shape index (κ1) is 20.3. The number of methoxy groups -OCH3 is 2. The molecule has 8 heteroatoms. The number of rotatable bonds is 9. The van der Waals surface area contributed by atoms with E-state index in [9.17, 15) is 0 Å². The van der Waals surface area contributed by atoms with Gasteiger partial charge in [0.05, 0.1) is 32.5 Å². The minimum atomic E-state index is 0.563. The van der Waals surface area contributed by atoms with E-state index >= 15 is 0 Å². The molecule has 0 spiro atoms. The zero-order valence-corrected chi connectivity index (χ0v) is 17.7. The largest absolute Gasteiger partial charge is 0.493 e. The molecule has 0 atom stereocenters. The van der Waals surface area contributed by atoms with E-state index < -0.39 is 0 Å². The molecule has 0 fully saturated rings. The standard InChI is InChI=1S/C20H27N5O2S/c1-14(2)12-28-20-23-16-11-18(27-4)17(26-3)10-15(16)19(21)25(20)8-5-7-24-9-6-22-13-24/h6,9-11,13-14,21H,5,7-8,12H2,1-4H3/p+1. The number of nitrogens with two attached hydrogens (primary N) is 1. The van der Waals surface area contributed by atoms with Gasteiger partial charge in [0, 0.05) is 36.8 Å². The second-order valence-corrected chi connectivity index (χ2v) is 8.00. The Morgan fingerprint density at radius 2 is 1.96 bits per heavy atom. The van der Waals surface area contributed by atoms with Crippen LogP contribution in [0.5, 0.6) is 11.5 Å². The summed E-state index contributed by atoms with van der Waals surface area (Å²) in [6, 6.07) is 3.79. The maximum absolute atomic E-state index is 6.59. The first-order valence-electron chi connectivity index (χ1n) is 9.37. The molecule has 1 aromatic carbocycles. The molecule has 0 aliphatic heterocycles. The van der Waals surface area contributed by atoms with Gasteiger partial charge in [0.25, 0.3) is 5.16 Å². The van der Waals surface area contributed by atoms with E-state index in [4.69, 9.17) is 20.2 Å². The molecule has 0 bridgehead atoms. The average molecular weight is 403 g/mol. The summed E-state index contributed by atoms with van der Waals surface area (Å²) in [5.41, 5.74) is 7.41. The van der Waals surface area contributed by atoms with Crippen LogP contribution in [0.1, 0.15) is 20.3 Å². The van der Waals surface area contributed by atoms with Gasteiger partial charge in [0.2, 0.25) is 5.82 Å². The second-order valence-electron chi connectivity index (χ2n) is 7.01. The van der Waals surface area contributed by atoms with Gasteiger partial charge in [0.1, 0.15) is 0 Å². The summed E-state index contributed by atoms with van der Waals surface area (Å²) in [6.45, 7) is 6.07. The van der Waals surface area contributed by atoms with Crippen molar-refractivity contribution in [3.63, 3.8) is 0 Å². The molecule has 0 saturated carbocycles. The molecular formula is C20H28N5O2S+. The Kier molecular flexibility index (Phi) is 6.61. The monoisotopic (exact) mass is 402 g/mol. The highest BCUT2D eigenvalue weighted by Crippen LogP contribution is 2.34. The van der Waals surface area contributed by atoms with E-state index in [1.54, 1.807) is 32.2 Å². The van der Waals surface area contributed by atoms with Crippen LogP contribution in [-0.2, 0) is 13.1 Å². The van der Waals surface area contributed by atoms with Crippen LogP contribution in [-0.4, -0.2) is 34.5 Å². The van der Waals surface area contributed by atoms with Crippen LogP contribution in [0.3, 0.4) is 0 Å². The van der Waals surface area contributed by atoms with Crippen LogP contribution in [0.2, 0.25) is 0 Å². The van der Waals surface area contributed by atoms with Crippen molar-refractivity contribution in [1.29, 1.82) is 0 Å². The number of fused-ring (bicyclic) bond motifs is 1. The van der Waals surface area contributed by atoms with Gasteiger partial charge in [-0.05, 0) is 12.3 Å². The lowest BCUT2D eigenvalue weighted by molar-refractivity contribution is -0.722. The lowest BCUT2D eigenvalue weighted by Crippen LogP contribution is -2.41. The maximum atomic E-state index is 6.59. The van der Waals surface area contributed by atoms with Crippen molar-refractivity contribution < 1.29 is 14.0 Å². The SMILES string of the molecule is COc1cc2nc(SCC(C)C)[n+](CCCn3ccnc3)c(N)c2cc1OC. The highest BCUT2D eigenvalue weighted by atomic mass is 32.2. The number of hydrogen-bond donors (Lipinski definition) is 1. The molecule has 0 amide bonds. The summed E-state index contributed by atoms with van der Waals surface area (Å²) < 4.78 is 15.1. The Labute approximate surface area is 169 Å².